The molecular weight excluding hydrogens is 410 g/mol. The van der Waals surface area contributed by atoms with E-state index in [-0.39, 0.29) is 6.10 Å². The van der Waals surface area contributed by atoms with Gasteiger partial charge in [-0.2, -0.15) is 0 Å². The summed E-state index contributed by atoms with van der Waals surface area (Å²) in [5.74, 6) is 1.52. The van der Waals surface area contributed by atoms with Gasteiger partial charge in [-0.15, -0.1) is 0 Å². The largest absolute Gasteiger partial charge is 0.497 e. The van der Waals surface area contributed by atoms with Crippen molar-refractivity contribution in [2.24, 2.45) is 0 Å². The quantitative estimate of drug-likeness (QED) is 0.508. The van der Waals surface area contributed by atoms with E-state index in [1.807, 2.05) is 6.07 Å². The highest BCUT2D eigenvalue weighted by atomic mass is 35.5. The molecule has 1 aliphatic heterocycles. The van der Waals surface area contributed by atoms with Crippen molar-refractivity contribution in [2.45, 2.75) is 18.4 Å². The van der Waals surface area contributed by atoms with Gasteiger partial charge < -0.3 is 14.4 Å². The molecule has 0 radical (unpaired) electrons. The van der Waals surface area contributed by atoms with Crippen LogP contribution in [0.2, 0.25) is 0 Å². The Bertz CT molecular complexity index is 852. The number of ether oxygens (including phenoxy) is 2. The number of halogens is 1. The predicted molar refractivity (Wildman–Crippen MR) is 126 cm³/mol. The number of methoxy groups -OCH3 is 1. The van der Waals surface area contributed by atoms with Crippen LogP contribution in [0, 0.1) is 0 Å². The maximum atomic E-state index is 6.47. The summed E-state index contributed by atoms with van der Waals surface area (Å²) >= 11 is 3.64. The normalized spacial score (nSPS) is 16.1. The molecule has 1 aliphatic rings. The summed E-state index contributed by atoms with van der Waals surface area (Å²) in [6, 6.07) is 29.5. The third-order valence-electron chi connectivity index (χ3n) is 5.73. The second kappa shape index (κ2) is 12.5. The Morgan fingerprint density at radius 3 is 2.19 bits per heavy atom. The van der Waals surface area contributed by atoms with Gasteiger partial charge in [0, 0.05) is 13.1 Å². The molecule has 0 amide bonds. The lowest BCUT2D eigenvalue weighted by Gasteiger charge is -2.22. The van der Waals surface area contributed by atoms with Crippen LogP contribution >= 0.6 is 11.9 Å². The van der Waals surface area contributed by atoms with Crippen molar-refractivity contribution in [1.82, 2.24) is 4.90 Å². The molecule has 3 aromatic carbocycles. The second-order valence-corrected chi connectivity index (χ2v) is 7.64. The molecule has 1 fully saturated rings. The summed E-state index contributed by atoms with van der Waals surface area (Å²) in [5, 5.41) is 0. The molecule has 31 heavy (non-hydrogen) atoms. The van der Waals surface area contributed by atoms with E-state index in [4.69, 9.17) is 14.1 Å². The highest BCUT2D eigenvalue weighted by Crippen LogP contribution is 2.30. The highest BCUT2D eigenvalue weighted by molar-refractivity contribution is 6.04. The molecule has 1 unspecified atom stereocenters. The maximum Gasteiger partial charge on any atom is 0.119 e. The van der Waals surface area contributed by atoms with Gasteiger partial charge in [0.15, 0.2) is 0 Å². The van der Waals surface area contributed by atoms with Crippen LogP contribution in [0.3, 0.4) is 0 Å². The SMILES string of the molecule is COc1cccc(C2CCN(CCOC(c3ccccc3)c3ccccc3)C2)c1.OCl. The molecule has 0 aliphatic carbocycles. The molecule has 1 saturated heterocycles. The molecule has 1 N–H and O–H groups in total. The summed E-state index contributed by atoms with van der Waals surface area (Å²) in [4.78, 5) is 2.51. The first kappa shape index (κ1) is 23.3. The molecular formula is C26H30ClNO3. The van der Waals surface area contributed by atoms with E-state index < -0.39 is 0 Å². The van der Waals surface area contributed by atoms with E-state index in [1.54, 1.807) is 7.11 Å². The van der Waals surface area contributed by atoms with Crippen molar-refractivity contribution in [3.8, 4) is 5.75 Å². The summed E-state index contributed by atoms with van der Waals surface area (Å²) in [6.45, 7) is 3.88. The zero-order chi connectivity index (χ0) is 21.9. The van der Waals surface area contributed by atoms with Crippen LogP contribution in [-0.2, 0) is 4.74 Å². The number of benzene rings is 3. The number of hydrogen-bond donors (Lipinski definition) is 1. The smallest absolute Gasteiger partial charge is 0.119 e. The number of rotatable bonds is 8. The van der Waals surface area contributed by atoms with Crippen LogP contribution in [0.5, 0.6) is 5.75 Å². The fraction of sp³-hybridized carbons (Fsp3) is 0.308. The number of likely N-dealkylation sites (tertiary alicyclic amines) is 1. The van der Waals surface area contributed by atoms with Crippen molar-refractivity contribution in [3.05, 3.63) is 102 Å². The fourth-order valence-electron chi connectivity index (χ4n) is 4.14. The van der Waals surface area contributed by atoms with Gasteiger partial charge in [0.25, 0.3) is 0 Å². The first-order valence-electron chi connectivity index (χ1n) is 10.6. The zero-order valence-corrected chi connectivity index (χ0v) is 18.6. The van der Waals surface area contributed by atoms with Crippen molar-refractivity contribution < 1.29 is 14.1 Å². The number of nitrogens with zero attached hydrogens (tertiary/aromatic N) is 1. The topological polar surface area (TPSA) is 41.9 Å². The average molecular weight is 440 g/mol. The number of hydrogen-bond acceptors (Lipinski definition) is 4. The van der Waals surface area contributed by atoms with Gasteiger partial charge in [-0.05, 0) is 47.7 Å². The Kier molecular flexibility index (Phi) is 9.38. The maximum absolute atomic E-state index is 6.47. The van der Waals surface area contributed by atoms with Gasteiger partial charge in [-0.3, -0.25) is 4.66 Å². The average Bonchev–Trinajstić information content (AvgIpc) is 3.33. The molecule has 4 rings (SSSR count). The standard InChI is InChI=1S/C26H29NO2.ClHO/c1-28-25-14-8-13-23(19-25)24-15-16-27(20-24)17-18-29-26(21-9-4-2-5-10-21)22-11-6-3-7-12-22;1-2/h2-14,19,24,26H,15-18,20H2,1H3;2H. The minimum absolute atomic E-state index is 0.0193. The van der Waals surface area contributed by atoms with Crippen LogP contribution in [0.25, 0.3) is 0 Å². The molecule has 0 bridgehead atoms. The van der Waals surface area contributed by atoms with Gasteiger partial charge in [0.1, 0.15) is 11.9 Å². The lowest BCUT2D eigenvalue weighted by molar-refractivity contribution is 0.0642. The van der Waals surface area contributed by atoms with Gasteiger partial charge in [0.2, 0.25) is 0 Å². The van der Waals surface area contributed by atoms with Crippen LogP contribution in [0.4, 0.5) is 0 Å². The second-order valence-electron chi connectivity index (χ2n) is 7.64. The van der Waals surface area contributed by atoms with Crippen molar-refractivity contribution >= 4 is 11.9 Å². The van der Waals surface area contributed by atoms with Crippen molar-refractivity contribution in [1.29, 1.82) is 0 Å². The van der Waals surface area contributed by atoms with E-state index >= 15 is 0 Å². The third-order valence-corrected chi connectivity index (χ3v) is 5.73. The Labute approximate surface area is 190 Å². The molecule has 5 heteroatoms. The van der Waals surface area contributed by atoms with Crippen molar-refractivity contribution in [2.75, 3.05) is 33.4 Å². The zero-order valence-electron chi connectivity index (χ0n) is 17.9. The van der Waals surface area contributed by atoms with Gasteiger partial charge in [-0.25, -0.2) is 0 Å². The summed E-state index contributed by atoms with van der Waals surface area (Å²) in [6.07, 6.45) is 1.17. The molecule has 3 aromatic rings. The van der Waals surface area contributed by atoms with E-state index in [0.717, 1.165) is 32.0 Å². The molecule has 0 spiro atoms. The Balaban J connectivity index is 0.00000132. The molecule has 4 nitrogen and oxygen atoms in total. The Hall–Kier alpha value is -2.37. The predicted octanol–water partition coefficient (Wildman–Crippen LogP) is 5.42. The van der Waals surface area contributed by atoms with Gasteiger partial charge in [-0.1, -0.05) is 72.8 Å². The molecule has 164 valence electrons. The minimum Gasteiger partial charge on any atom is -0.497 e. The molecule has 0 aromatic heterocycles. The van der Waals surface area contributed by atoms with Crippen LogP contribution < -0.4 is 4.74 Å². The highest BCUT2D eigenvalue weighted by Gasteiger charge is 2.24. The van der Waals surface area contributed by atoms with Crippen LogP contribution in [0.1, 0.15) is 35.1 Å². The Morgan fingerprint density at radius 1 is 0.935 bits per heavy atom. The van der Waals surface area contributed by atoms with E-state index in [9.17, 15) is 0 Å². The minimum atomic E-state index is -0.0193. The van der Waals surface area contributed by atoms with E-state index in [0.29, 0.717) is 5.92 Å². The molecule has 1 heterocycles. The summed E-state index contributed by atoms with van der Waals surface area (Å²) < 4.78 is 18.2. The summed E-state index contributed by atoms with van der Waals surface area (Å²) in [5.41, 5.74) is 3.78. The first-order chi connectivity index (χ1) is 15.3. The monoisotopic (exact) mass is 439 g/mol. The summed E-state index contributed by atoms with van der Waals surface area (Å²) in [7, 11) is 1.73. The van der Waals surface area contributed by atoms with Crippen LogP contribution in [0.15, 0.2) is 84.9 Å². The van der Waals surface area contributed by atoms with Crippen LogP contribution in [-0.4, -0.2) is 42.9 Å². The Morgan fingerprint density at radius 2 is 1.58 bits per heavy atom. The molecule has 0 saturated carbocycles. The van der Waals surface area contributed by atoms with Gasteiger partial charge >= 0.3 is 0 Å². The lowest BCUT2D eigenvalue weighted by Crippen LogP contribution is -2.26. The molecule has 1 atom stereocenters. The van der Waals surface area contributed by atoms with E-state index in [2.05, 4.69) is 95.6 Å². The van der Waals surface area contributed by atoms with Gasteiger partial charge in [0.05, 0.1) is 25.6 Å². The lowest BCUT2D eigenvalue weighted by atomic mass is 9.98. The first-order valence-corrected chi connectivity index (χ1v) is 10.9. The van der Waals surface area contributed by atoms with Crippen molar-refractivity contribution in [3.63, 3.8) is 0 Å². The van der Waals surface area contributed by atoms with E-state index in [1.165, 1.54) is 23.1 Å². The third kappa shape index (κ3) is 6.55. The fourth-order valence-corrected chi connectivity index (χ4v) is 4.14.